The number of ether oxygens (including phenoxy) is 1. The van der Waals surface area contributed by atoms with Gasteiger partial charge in [0.1, 0.15) is 11.0 Å². The summed E-state index contributed by atoms with van der Waals surface area (Å²) in [6.45, 7) is 5.22. The molecule has 2 fully saturated rings. The molecule has 0 radical (unpaired) electrons. The largest absolute Gasteiger partial charge is 0.466 e. The van der Waals surface area contributed by atoms with Crippen LogP contribution in [0, 0.1) is 5.92 Å². The van der Waals surface area contributed by atoms with Gasteiger partial charge in [0.2, 0.25) is 0 Å². The van der Waals surface area contributed by atoms with Crippen LogP contribution in [0.2, 0.25) is 5.15 Å². The number of nitrogens with zero attached hydrogens (tertiary/aromatic N) is 4. The number of anilines is 1. The third kappa shape index (κ3) is 6.18. The van der Waals surface area contributed by atoms with E-state index >= 15 is 0 Å². The Balaban J connectivity index is 1.40. The Labute approximate surface area is 203 Å². The molecule has 9 heteroatoms. The quantitative estimate of drug-likeness (QED) is 0.247. The van der Waals surface area contributed by atoms with E-state index in [0.717, 1.165) is 37.3 Å². The van der Waals surface area contributed by atoms with E-state index in [1.807, 2.05) is 30.3 Å². The van der Waals surface area contributed by atoms with Crippen LogP contribution in [0.3, 0.4) is 0 Å². The van der Waals surface area contributed by atoms with Crippen LogP contribution in [-0.2, 0) is 15.3 Å². The molecule has 2 aliphatic heterocycles. The summed E-state index contributed by atoms with van der Waals surface area (Å²) >= 11 is 7.75. The Hall–Kier alpha value is -2.32. The summed E-state index contributed by atoms with van der Waals surface area (Å²) in [6.07, 6.45) is 3.90. The third-order valence-electron chi connectivity index (χ3n) is 5.96. The highest BCUT2D eigenvalue weighted by atomic mass is 35.5. The number of likely N-dealkylation sites (tertiary alicyclic amines) is 1. The smallest absolute Gasteiger partial charge is 0.310 e. The molecule has 2 aliphatic rings. The molecule has 176 valence electrons. The maximum absolute atomic E-state index is 13.1. The molecule has 1 amide bonds. The number of hydrogen-bond acceptors (Lipinski definition) is 7. The van der Waals surface area contributed by atoms with Gasteiger partial charge in [0.25, 0.3) is 5.91 Å². The monoisotopic (exact) mass is 488 g/mol. The molecule has 0 spiro atoms. The molecule has 2 saturated heterocycles. The van der Waals surface area contributed by atoms with E-state index in [9.17, 15) is 9.59 Å². The molecule has 7 nitrogen and oxygen atoms in total. The fraction of sp³-hybridized carbons (Fsp3) is 0.500. The first kappa shape index (κ1) is 23.8. The van der Waals surface area contributed by atoms with Crippen molar-refractivity contribution in [2.45, 2.75) is 43.5 Å². The van der Waals surface area contributed by atoms with Gasteiger partial charge in [0.05, 0.1) is 12.5 Å². The van der Waals surface area contributed by atoms with E-state index in [1.165, 1.54) is 24.6 Å². The van der Waals surface area contributed by atoms with Crippen LogP contribution in [0.25, 0.3) is 0 Å². The number of esters is 1. The molecule has 2 aromatic rings. The Morgan fingerprint density at radius 1 is 1.15 bits per heavy atom. The van der Waals surface area contributed by atoms with Crippen molar-refractivity contribution in [3.05, 3.63) is 46.6 Å². The van der Waals surface area contributed by atoms with Gasteiger partial charge in [-0.15, -0.1) is 0 Å². The minimum atomic E-state index is -0.244. The molecule has 1 unspecified atom stereocenters. The second-order valence-electron chi connectivity index (χ2n) is 8.36. The number of piperidine rings is 1. The molecule has 1 atom stereocenters. The van der Waals surface area contributed by atoms with Gasteiger partial charge in [-0.1, -0.05) is 35.5 Å². The molecule has 4 rings (SSSR count). The van der Waals surface area contributed by atoms with Gasteiger partial charge in [-0.2, -0.15) is 0 Å². The Morgan fingerprint density at radius 3 is 2.76 bits per heavy atom. The molecule has 33 heavy (non-hydrogen) atoms. The maximum Gasteiger partial charge on any atom is 0.310 e. The lowest BCUT2D eigenvalue weighted by Gasteiger charge is -2.31. The highest BCUT2D eigenvalue weighted by Gasteiger charge is 2.29. The van der Waals surface area contributed by atoms with Crippen molar-refractivity contribution in [1.29, 1.82) is 0 Å². The Bertz CT molecular complexity index is 999. The van der Waals surface area contributed by atoms with Crippen LogP contribution in [0.1, 0.15) is 48.5 Å². The van der Waals surface area contributed by atoms with Crippen LogP contribution in [-0.4, -0.2) is 59.5 Å². The second-order valence-corrected chi connectivity index (χ2v) is 9.69. The zero-order valence-electron chi connectivity index (χ0n) is 18.8. The van der Waals surface area contributed by atoms with Gasteiger partial charge >= 0.3 is 5.97 Å². The SMILES string of the molecule is CCOC(=O)C1CCCN(C(=O)c2cccc(CSc3nc(Cl)cc(N4CCCC4)n3)c2)C1. The highest BCUT2D eigenvalue weighted by Crippen LogP contribution is 2.27. The second kappa shape index (κ2) is 11.2. The fourth-order valence-corrected chi connectivity index (χ4v) is 5.32. The highest BCUT2D eigenvalue weighted by molar-refractivity contribution is 7.98. The topological polar surface area (TPSA) is 75.6 Å². The average molecular weight is 489 g/mol. The van der Waals surface area contributed by atoms with Crippen LogP contribution < -0.4 is 4.90 Å². The van der Waals surface area contributed by atoms with Gasteiger partial charge in [-0.25, -0.2) is 9.97 Å². The molecular weight excluding hydrogens is 460 g/mol. The summed E-state index contributed by atoms with van der Waals surface area (Å²) in [4.78, 5) is 38.3. The molecular formula is C24H29ClN4O3S. The van der Waals surface area contributed by atoms with Gasteiger partial charge < -0.3 is 14.5 Å². The first-order valence-corrected chi connectivity index (χ1v) is 12.9. The van der Waals surface area contributed by atoms with Crippen LogP contribution in [0.5, 0.6) is 0 Å². The average Bonchev–Trinajstić information content (AvgIpc) is 3.38. The lowest BCUT2D eigenvalue weighted by molar-refractivity contribution is -0.149. The summed E-state index contributed by atoms with van der Waals surface area (Å²) in [5.74, 6) is 0.999. The van der Waals surface area contributed by atoms with Crippen molar-refractivity contribution in [3.63, 3.8) is 0 Å². The zero-order valence-corrected chi connectivity index (χ0v) is 20.4. The molecule has 0 bridgehead atoms. The number of aromatic nitrogens is 2. The van der Waals surface area contributed by atoms with Crippen molar-refractivity contribution in [3.8, 4) is 0 Å². The van der Waals surface area contributed by atoms with Crippen molar-refractivity contribution < 1.29 is 14.3 Å². The van der Waals surface area contributed by atoms with Crippen LogP contribution >= 0.6 is 23.4 Å². The van der Waals surface area contributed by atoms with E-state index in [-0.39, 0.29) is 17.8 Å². The fourth-order valence-electron chi connectivity index (χ4n) is 4.30. The lowest BCUT2D eigenvalue weighted by Crippen LogP contribution is -2.42. The van der Waals surface area contributed by atoms with Crippen molar-refractivity contribution in [2.24, 2.45) is 5.92 Å². The zero-order chi connectivity index (χ0) is 23.2. The van der Waals surface area contributed by atoms with E-state index in [2.05, 4.69) is 14.9 Å². The number of benzene rings is 1. The van der Waals surface area contributed by atoms with Crippen LogP contribution in [0.4, 0.5) is 5.82 Å². The number of amides is 1. The molecule has 1 aromatic heterocycles. The summed E-state index contributed by atoms with van der Waals surface area (Å²) in [6, 6.07) is 9.44. The first-order chi connectivity index (χ1) is 16.0. The van der Waals surface area contributed by atoms with Crippen molar-refractivity contribution in [2.75, 3.05) is 37.7 Å². The standard InChI is InChI=1S/C24H29ClN4O3S/c1-2-32-23(31)19-9-6-12-29(15-19)22(30)18-8-5-7-17(13-18)16-33-24-26-20(25)14-21(27-24)28-10-3-4-11-28/h5,7-8,13-14,19H,2-4,6,9-12,15-16H2,1H3. The number of halogens is 1. The normalized spacial score (nSPS) is 18.4. The molecule has 0 aliphatic carbocycles. The number of carbonyl (C=O) groups is 2. The first-order valence-electron chi connectivity index (χ1n) is 11.5. The van der Waals surface area contributed by atoms with Gasteiger partial charge in [-0.3, -0.25) is 9.59 Å². The number of hydrogen-bond donors (Lipinski definition) is 0. The number of rotatable bonds is 7. The molecule has 0 saturated carbocycles. The summed E-state index contributed by atoms with van der Waals surface area (Å²) < 4.78 is 5.15. The summed E-state index contributed by atoms with van der Waals surface area (Å²) in [7, 11) is 0. The van der Waals surface area contributed by atoms with Crippen LogP contribution in [0.15, 0.2) is 35.5 Å². The maximum atomic E-state index is 13.1. The predicted molar refractivity (Wildman–Crippen MR) is 130 cm³/mol. The Morgan fingerprint density at radius 2 is 1.97 bits per heavy atom. The summed E-state index contributed by atoms with van der Waals surface area (Å²) in [5, 5.41) is 1.08. The third-order valence-corrected chi connectivity index (χ3v) is 7.07. The van der Waals surface area contributed by atoms with Gasteiger partial charge in [0.15, 0.2) is 5.16 Å². The molecule has 1 aromatic carbocycles. The van der Waals surface area contributed by atoms with Gasteiger partial charge in [0, 0.05) is 43.6 Å². The van der Waals surface area contributed by atoms with E-state index < -0.39 is 0 Å². The number of carbonyl (C=O) groups excluding carboxylic acids is 2. The molecule has 3 heterocycles. The lowest BCUT2D eigenvalue weighted by atomic mass is 9.97. The Kier molecular flexibility index (Phi) is 8.09. The molecule has 0 N–H and O–H groups in total. The predicted octanol–water partition coefficient (Wildman–Crippen LogP) is 4.44. The number of thioether (sulfide) groups is 1. The van der Waals surface area contributed by atoms with E-state index in [0.29, 0.717) is 41.3 Å². The van der Waals surface area contributed by atoms with E-state index in [4.69, 9.17) is 16.3 Å². The minimum Gasteiger partial charge on any atom is -0.466 e. The summed E-state index contributed by atoms with van der Waals surface area (Å²) in [5.41, 5.74) is 1.64. The minimum absolute atomic E-state index is 0.0498. The van der Waals surface area contributed by atoms with Crippen molar-refractivity contribution >= 4 is 41.1 Å². The van der Waals surface area contributed by atoms with Gasteiger partial charge in [-0.05, 0) is 50.3 Å². The van der Waals surface area contributed by atoms with Crippen molar-refractivity contribution in [1.82, 2.24) is 14.9 Å². The van der Waals surface area contributed by atoms with E-state index in [1.54, 1.807) is 11.8 Å².